The monoisotopic (exact) mass is 228 g/mol. The van der Waals surface area contributed by atoms with E-state index in [1.54, 1.807) is 0 Å². The summed E-state index contributed by atoms with van der Waals surface area (Å²) in [5, 5.41) is 11.9. The van der Waals surface area contributed by atoms with E-state index >= 15 is 0 Å². The summed E-state index contributed by atoms with van der Waals surface area (Å²) in [7, 11) is 1.81. The molecule has 94 valence electrons. The normalized spacial score (nSPS) is 16.4. The van der Waals surface area contributed by atoms with E-state index in [9.17, 15) is 0 Å². The maximum Gasteiger partial charge on any atom is 0.103 e. The van der Waals surface area contributed by atoms with Crippen LogP contribution in [0.25, 0.3) is 0 Å². The average Bonchev–Trinajstić information content (AvgIpc) is 2.31. The van der Waals surface area contributed by atoms with Crippen molar-refractivity contribution in [2.24, 2.45) is 0 Å². The third-order valence-corrected chi connectivity index (χ3v) is 2.58. The van der Waals surface area contributed by atoms with Crippen LogP contribution in [0, 0.1) is 11.3 Å². The smallest absolute Gasteiger partial charge is 0.103 e. The molecule has 0 aliphatic heterocycles. The van der Waals surface area contributed by atoms with Crippen LogP contribution in [0.3, 0.4) is 0 Å². The minimum Gasteiger partial charge on any atom is -0.379 e. The van der Waals surface area contributed by atoms with Crippen LogP contribution < -0.4 is 5.32 Å². The molecule has 0 aromatic rings. The average molecular weight is 228 g/mol. The molecule has 0 aromatic heterocycles. The van der Waals surface area contributed by atoms with Crippen molar-refractivity contribution in [2.75, 3.05) is 26.9 Å². The van der Waals surface area contributed by atoms with Gasteiger partial charge in [0.15, 0.2) is 0 Å². The van der Waals surface area contributed by atoms with Crippen molar-refractivity contribution in [3.05, 3.63) is 0 Å². The fourth-order valence-electron chi connectivity index (χ4n) is 1.28. The molecule has 16 heavy (non-hydrogen) atoms. The molecule has 2 atom stereocenters. The van der Waals surface area contributed by atoms with E-state index in [4.69, 9.17) is 14.7 Å². The van der Waals surface area contributed by atoms with Gasteiger partial charge in [-0.3, -0.25) is 0 Å². The van der Waals surface area contributed by atoms with Crippen LogP contribution in [0.5, 0.6) is 0 Å². The lowest BCUT2D eigenvalue weighted by Gasteiger charge is -2.21. The summed E-state index contributed by atoms with van der Waals surface area (Å²) in [4.78, 5) is 0. The highest BCUT2D eigenvalue weighted by Gasteiger charge is 2.20. The number of ether oxygens (including phenoxy) is 2. The predicted molar refractivity (Wildman–Crippen MR) is 64.2 cm³/mol. The molecule has 0 bridgehead atoms. The van der Waals surface area contributed by atoms with Gasteiger partial charge in [-0.1, -0.05) is 0 Å². The predicted octanol–water partition coefficient (Wildman–Crippen LogP) is 1.71. The Balaban J connectivity index is 3.56. The Morgan fingerprint density at radius 3 is 2.69 bits per heavy atom. The molecule has 0 saturated heterocycles. The molecule has 0 amide bonds. The van der Waals surface area contributed by atoms with Crippen molar-refractivity contribution >= 4 is 0 Å². The molecule has 0 saturated carbocycles. The Morgan fingerprint density at radius 1 is 1.50 bits per heavy atom. The number of nitrogens with one attached hydrogen (secondary N) is 1. The summed E-state index contributed by atoms with van der Waals surface area (Å²) in [6.45, 7) is 7.90. The lowest BCUT2D eigenvalue weighted by Crippen LogP contribution is -2.38. The molecule has 0 rings (SSSR count). The van der Waals surface area contributed by atoms with Gasteiger partial charge in [0.2, 0.25) is 0 Å². The lowest BCUT2D eigenvalue weighted by molar-refractivity contribution is -0.00537. The van der Waals surface area contributed by atoms with Gasteiger partial charge in [-0.25, -0.2) is 0 Å². The van der Waals surface area contributed by atoms with Crippen LogP contribution in [0.2, 0.25) is 0 Å². The zero-order valence-corrected chi connectivity index (χ0v) is 10.9. The summed E-state index contributed by atoms with van der Waals surface area (Å²) >= 11 is 0. The van der Waals surface area contributed by atoms with Crippen molar-refractivity contribution in [3.8, 4) is 6.07 Å². The maximum absolute atomic E-state index is 8.94. The molecule has 1 N–H and O–H groups in total. The lowest BCUT2D eigenvalue weighted by atomic mass is 9.98. The van der Waals surface area contributed by atoms with E-state index in [0.717, 1.165) is 19.4 Å². The second kappa shape index (κ2) is 8.51. The van der Waals surface area contributed by atoms with Gasteiger partial charge < -0.3 is 14.8 Å². The number of hydrogen-bond acceptors (Lipinski definition) is 4. The molecule has 0 fully saturated rings. The zero-order chi connectivity index (χ0) is 12.4. The minimum absolute atomic E-state index is 0.128. The highest BCUT2D eigenvalue weighted by atomic mass is 16.5. The molecular weight excluding hydrogens is 204 g/mol. The topological polar surface area (TPSA) is 54.3 Å². The first-order valence-corrected chi connectivity index (χ1v) is 5.87. The molecule has 4 heteroatoms. The van der Waals surface area contributed by atoms with E-state index in [1.807, 2.05) is 27.8 Å². The quantitative estimate of drug-likeness (QED) is 0.610. The highest BCUT2D eigenvalue weighted by Crippen LogP contribution is 2.10. The second-order valence-electron chi connectivity index (χ2n) is 4.14. The number of hydrogen-bond donors (Lipinski definition) is 1. The van der Waals surface area contributed by atoms with Crippen LogP contribution in [-0.2, 0) is 9.47 Å². The molecule has 0 heterocycles. The van der Waals surface area contributed by atoms with Crippen molar-refractivity contribution in [3.63, 3.8) is 0 Å². The Kier molecular flexibility index (Phi) is 8.18. The van der Waals surface area contributed by atoms with E-state index < -0.39 is 5.54 Å². The Labute approximate surface area is 98.9 Å². The molecule has 4 nitrogen and oxygen atoms in total. The molecule has 2 unspecified atom stereocenters. The first kappa shape index (κ1) is 15.4. The standard InChI is InChI=1S/C12H24N2O2/c1-5-15-9-11(2)16-8-6-7-12(3,10-13)14-4/h11,14H,5-9H2,1-4H3. The second-order valence-corrected chi connectivity index (χ2v) is 4.14. The highest BCUT2D eigenvalue weighted by molar-refractivity contribution is 5.02. The number of rotatable bonds is 9. The van der Waals surface area contributed by atoms with Gasteiger partial charge in [-0.2, -0.15) is 5.26 Å². The van der Waals surface area contributed by atoms with Crippen molar-refractivity contribution in [1.82, 2.24) is 5.32 Å². The zero-order valence-electron chi connectivity index (χ0n) is 10.9. The number of nitriles is 1. The minimum atomic E-state index is -0.438. The summed E-state index contributed by atoms with van der Waals surface area (Å²) in [5.41, 5.74) is -0.438. The van der Waals surface area contributed by atoms with Gasteiger partial charge in [-0.05, 0) is 40.7 Å². The summed E-state index contributed by atoms with van der Waals surface area (Å²) in [6.07, 6.45) is 1.80. The van der Waals surface area contributed by atoms with Crippen LogP contribution in [0.15, 0.2) is 0 Å². The van der Waals surface area contributed by atoms with Crippen molar-refractivity contribution in [2.45, 2.75) is 45.3 Å². The van der Waals surface area contributed by atoms with Crippen molar-refractivity contribution in [1.29, 1.82) is 5.26 Å². The van der Waals surface area contributed by atoms with Crippen LogP contribution >= 0.6 is 0 Å². The number of nitrogens with zero attached hydrogens (tertiary/aromatic N) is 1. The van der Waals surface area contributed by atoms with Gasteiger partial charge in [-0.15, -0.1) is 0 Å². The largest absolute Gasteiger partial charge is 0.379 e. The molecule has 0 aromatic carbocycles. The van der Waals surface area contributed by atoms with Gasteiger partial charge in [0.25, 0.3) is 0 Å². The summed E-state index contributed by atoms with van der Waals surface area (Å²) in [5.74, 6) is 0. The molecule has 0 aliphatic carbocycles. The van der Waals surface area contributed by atoms with E-state index in [-0.39, 0.29) is 6.10 Å². The molecule has 0 radical (unpaired) electrons. The Morgan fingerprint density at radius 2 is 2.19 bits per heavy atom. The SMILES string of the molecule is CCOCC(C)OCCCC(C)(C#N)NC. The fourth-order valence-corrected chi connectivity index (χ4v) is 1.28. The van der Waals surface area contributed by atoms with Gasteiger partial charge in [0.1, 0.15) is 5.54 Å². The van der Waals surface area contributed by atoms with Crippen LogP contribution in [-0.4, -0.2) is 38.5 Å². The van der Waals surface area contributed by atoms with Crippen molar-refractivity contribution < 1.29 is 9.47 Å². The third kappa shape index (κ3) is 6.78. The first-order valence-electron chi connectivity index (χ1n) is 5.87. The van der Waals surface area contributed by atoms with Gasteiger partial charge >= 0.3 is 0 Å². The maximum atomic E-state index is 8.94. The third-order valence-electron chi connectivity index (χ3n) is 2.58. The van der Waals surface area contributed by atoms with Gasteiger partial charge in [0, 0.05) is 13.2 Å². The van der Waals surface area contributed by atoms with Gasteiger partial charge in [0.05, 0.1) is 18.8 Å². The molecule has 0 spiro atoms. The van der Waals surface area contributed by atoms with E-state index in [0.29, 0.717) is 13.2 Å². The fraction of sp³-hybridized carbons (Fsp3) is 0.917. The first-order chi connectivity index (χ1) is 7.58. The van der Waals surface area contributed by atoms with E-state index in [1.165, 1.54) is 0 Å². The molecule has 0 aliphatic rings. The molecular formula is C12H24N2O2. The summed E-state index contributed by atoms with van der Waals surface area (Å²) in [6, 6.07) is 2.26. The Bertz CT molecular complexity index is 216. The summed E-state index contributed by atoms with van der Waals surface area (Å²) < 4.78 is 10.8. The Hall–Kier alpha value is -0.630. The van der Waals surface area contributed by atoms with E-state index in [2.05, 4.69) is 11.4 Å². The van der Waals surface area contributed by atoms with Crippen LogP contribution in [0.4, 0.5) is 0 Å². The van der Waals surface area contributed by atoms with Crippen LogP contribution in [0.1, 0.15) is 33.6 Å².